The van der Waals surface area contributed by atoms with Gasteiger partial charge in [-0.05, 0) is 47.0 Å². The van der Waals surface area contributed by atoms with Crippen molar-refractivity contribution in [2.75, 3.05) is 6.54 Å². The van der Waals surface area contributed by atoms with Gasteiger partial charge in [-0.2, -0.15) is 0 Å². The topological polar surface area (TPSA) is 25.2 Å². The number of hydrogen-bond donors (Lipinski definition) is 1. The highest BCUT2D eigenvalue weighted by molar-refractivity contribution is 6.28. The third-order valence-corrected chi connectivity index (χ3v) is 4.80. The molecule has 0 aromatic carbocycles. The second-order valence-corrected chi connectivity index (χ2v) is 6.21. The van der Waals surface area contributed by atoms with E-state index in [-0.39, 0.29) is 0 Å². The molecule has 0 amide bonds. The Labute approximate surface area is 102 Å². The SMILES string of the molecule is CC1(C)C(CNCc2ccc(Cl)o2)C1(C)C. The minimum atomic E-state index is 0.445. The summed E-state index contributed by atoms with van der Waals surface area (Å²) in [6, 6.07) is 3.70. The van der Waals surface area contributed by atoms with Gasteiger partial charge in [-0.15, -0.1) is 0 Å². The zero-order valence-electron chi connectivity index (χ0n) is 10.4. The molecular formula is C13H20ClNO. The van der Waals surface area contributed by atoms with Gasteiger partial charge in [0.05, 0.1) is 6.54 Å². The Balaban J connectivity index is 1.78. The van der Waals surface area contributed by atoms with E-state index in [1.165, 1.54) is 0 Å². The summed E-state index contributed by atoms with van der Waals surface area (Å²) in [5.41, 5.74) is 0.890. The van der Waals surface area contributed by atoms with Crippen LogP contribution >= 0.6 is 11.6 Å². The molecule has 1 fully saturated rings. The van der Waals surface area contributed by atoms with Crippen LogP contribution in [0.1, 0.15) is 33.5 Å². The molecule has 1 aliphatic carbocycles. The highest BCUT2D eigenvalue weighted by atomic mass is 35.5. The summed E-state index contributed by atoms with van der Waals surface area (Å²) in [5.74, 6) is 1.65. The fraction of sp³-hybridized carbons (Fsp3) is 0.692. The van der Waals surface area contributed by atoms with Crippen LogP contribution in [0.5, 0.6) is 0 Å². The number of rotatable bonds is 4. The van der Waals surface area contributed by atoms with E-state index in [0.717, 1.165) is 24.8 Å². The van der Waals surface area contributed by atoms with Gasteiger partial charge >= 0.3 is 0 Å². The van der Waals surface area contributed by atoms with Crippen molar-refractivity contribution >= 4 is 11.6 Å². The lowest BCUT2D eigenvalue weighted by molar-refractivity contribution is 0.457. The van der Waals surface area contributed by atoms with Crippen LogP contribution in [0.4, 0.5) is 0 Å². The number of nitrogens with one attached hydrogen (secondary N) is 1. The number of furan rings is 1. The van der Waals surface area contributed by atoms with E-state index in [0.29, 0.717) is 16.0 Å². The summed E-state index contributed by atoms with van der Waals surface area (Å²) < 4.78 is 5.29. The van der Waals surface area contributed by atoms with Gasteiger partial charge in [-0.1, -0.05) is 27.7 Å². The molecule has 0 spiro atoms. The Kier molecular flexibility index (Phi) is 2.83. The average molecular weight is 242 g/mol. The second-order valence-electron chi connectivity index (χ2n) is 5.83. The maximum Gasteiger partial charge on any atom is 0.193 e. The Bertz CT molecular complexity index is 367. The molecule has 16 heavy (non-hydrogen) atoms. The maximum absolute atomic E-state index is 5.71. The van der Waals surface area contributed by atoms with E-state index in [1.807, 2.05) is 6.07 Å². The van der Waals surface area contributed by atoms with Crippen LogP contribution in [0.3, 0.4) is 0 Å². The van der Waals surface area contributed by atoms with Crippen molar-refractivity contribution in [3.8, 4) is 0 Å². The van der Waals surface area contributed by atoms with Crippen molar-refractivity contribution in [1.29, 1.82) is 0 Å². The van der Waals surface area contributed by atoms with E-state index in [1.54, 1.807) is 6.07 Å². The standard InChI is InChI=1S/C13H20ClNO/c1-12(2)10(13(12,3)4)8-15-7-9-5-6-11(14)16-9/h5-6,10,15H,7-8H2,1-4H3. The van der Waals surface area contributed by atoms with Crippen LogP contribution in [0, 0.1) is 16.7 Å². The van der Waals surface area contributed by atoms with Crippen LogP contribution in [0.15, 0.2) is 16.5 Å². The molecule has 1 aromatic heterocycles. The third kappa shape index (κ3) is 1.89. The monoisotopic (exact) mass is 241 g/mol. The zero-order valence-corrected chi connectivity index (χ0v) is 11.2. The molecule has 0 aliphatic heterocycles. The first-order valence-corrected chi connectivity index (χ1v) is 6.18. The molecule has 2 rings (SSSR count). The van der Waals surface area contributed by atoms with Crippen LogP contribution in [0.2, 0.25) is 5.22 Å². The van der Waals surface area contributed by atoms with Crippen LogP contribution in [-0.4, -0.2) is 6.54 Å². The molecule has 1 saturated carbocycles. The van der Waals surface area contributed by atoms with Crippen molar-refractivity contribution in [2.45, 2.75) is 34.2 Å². The molecule has 3 heteroatoms. The summed E-state index contributed by atoms with van der Waals surface area (Å²) in [6.07, 6.45) is 0. The van der Waals surface area contributed by atoms with Crippen molar-refractivity contribution in [3.63, 3.8) is 0 Å². The Morgan fingerprint density at radius 1 is 1.25 bits per heavy atom. The molecular weight excluding hydrogens is 222 g/mol. The summed E-state index contributed by atoms with van der Waals surface area (Å²) in [6.45, 7) is 11.1. The molecule has 0 radical (unpaired) electrons. The van der Waals surface area contributed by atoms with Gasteiger partial charge in [0.1, 0.15) is 5.76 Å². The number of halogens is 1. The summed E-state index contributed by atoms with van der Waals surface area (Å²) in [4.78, 5) is 0. The summed E-state index contributed by atoms with van der Waals surface area (Å²) in [7, 11) is 0. The first-order chi connectivity index (χ1) is 7.35. The van der Waals surface area contributed by atoms with Gasteiger partial charge in [0.2, 0.25) is 0 Å². The molecule has 0 bridgehead atoms. The van der Waals surface area contributed by atoms with Gasteiger partial charge in [-0.3, -0.25) is 0 Å². The molecule has 1 aromatic rings. The van der Waals surface area contributed by atoms with Gasteiger partial charge in [0.25, 0.3) is 0 Å². The van der Waals surface area contributed by atoms with Crippen molar-refractivity contribution in [2.24, 2.45) is 16.7 Å². The lowest BCUT2D eigenvalue weighted by Gasteiger charge is -2.04. The van der Waals surface area contributed by atoms with Crippen LogP contribution in [0.25, 0.3) is 0 Å². The molecule has 90 valence electrons. The van der Waals surface area contributed by atoms with Gasteiger partial charge in [-0.25, -0.2) is 0 Å². The normalized spacial score (nSPS) is 22.3. The Morgan fingerprint density at radius 3 is 2.31 bits per heavy atom. The molecule has 0 atom stereocenters. The van der Waals surface area contributed by atoms with E-state index in [2.05, 4.69) is 33.0 Å². The van der Waals surface area contributed by atoms with E-state index in [9.17, 15) is 0 Å². The summed E-state index contributed by atoms with van der Waals surface area (Å²) in [5, 5.41) is 3.90. The second kappa shape index (κ2) is 3.78. The Hall–Kier alpha value is -0.470. The van der Waals surface area contributed by atoms with Crippen molar-refractivity contribution < 1.29 is 4.42 Å². The van der Waals surface area contributed by atoms with E-state index in [4.69, 9.17) is 16.0 Å². The van der Waals surface area contributed by atoms with E-state index < -0.39 is 0 Å². The van der Waals surface area contributed by atoms with Crippen LogP contribution in [-0.2, 0) is 6.54 Å². The van der Waals surface area contributed by atoms with Gasteiger partial charge in [0, 0.05) is 0 Å². The van der Waals surface area contributed by atoms with Gasteiger partial charge in [0.15, 0.2) is 5.22 Å². The quantitative estimate of drug-likeness (QED) is 0.870. The molecule has 1 N–H and O–H groups in total. The molecule has 0 unspecified atom stereocenters. The maximum atomic E-state index is 5.71. The molecule has 0 saturated heterocycles. The smallest absolute Gasteiger partial charge is 0.193 e. The van der Waals surface area contributed by atoms with Crippen molar-refractivity contribution in [1.82, 2.24) is 5.32 Å². The Morgan fingerprint density at radius 2 is 1.88 bits per heavy atom. The molecule has 1 aliphatic rings. The fourth-order valence-corrected chi connectivity index (χ4v) is 2.79. The summed E-state index contributed by atoms with van der Waals surface area (Å²) >= 11 is 5.71. The van der Waals surface area contributed by atoms with E-state index >= 15 is 0 Å². The fourth-order valence-electron chi connectivity index (χ4n) is 2.63. The first-order valence-electron chi connectivity index (χ1n) is 5.80. The third-order valence-electron chi connectivity index (χ3n) is 4.60. The highest BCUT2D eigenvalue weighted by Crippen LogP contribution is 2.67. The minimum absolute atomic E-state index is 0.445. The first kappa shape index (κ1) is 12.0. The highest BCUT2D eigenvalue weighted by Gasteiger charge is 2.63. The molecule has 1 heterocycles. The van der Waals surface area contributed by atoms with Gasteiger partial charge < -0.3 is 9.73 Å². The molecule has 2 nitrogen and oxygen atoms in total. The number of hydrogen-bond acceptors (Lipinski definition) is 2. The average Bonchev–Trinajstić information content (AvgIpc) is 2.53. The lowest BCUT2D eigenvalue weighted by atomic mass is 10.0. The largest absolute Gasteiger partial charge is 0.448 e. The van der Waals surface area contributed by atoms with Crippen LogP contribution < -0.4 is 5.32 Å². The van der Waals surface area contributed by atoms with Crippen molar-refractivity contribution in [3.05, 3.63) is 23.1 Å². The minimum Gasteiger partial charge on any atom is -0.448 e. The predicted molar refractivity (Wildman–Crippen MR) is 66.5 cm³/mol. The zero-order chi connectivity index (χ0) is 12.0. The predicted octanol–water partition coefficient (Wildman–Crippen LogP) is 3.70. The lowest BCUT2D eigenvalue weighted by Crippen LogP contribution is -2.18.